The van der Waals surface area contributed by atoms with Crippen LogP contribution in [0.4, 0.5) is 17.1 Å². The van der Waals surface area contributed by atoms with Crippen LogP contribution in [0.2, 0.25) is 13.1 Å². The van der Waals surface area contributed by atoms with Crippen LogP contribution in [-0.4, -0.2) is 12.6 Å². The molecule has 14 rings (SSSR count). The Hall–Kier alpha value is -8.38. The summed E-state index contributed by atoms with van der Waals surface area (Å²) in [5.74, 6) is 1.62. The van der Waals surface area contributed by atoms with Gasteiger partial charge in [-0.05, 0) is 121 Å². The lowest BCUT2D eigenvalue weighted by Crippen LogP contribution is -2.49. The molecule has 2 aliphatic carbocycles. The summed E-state index contributed by atoms with van der Waals surface area (Å²) in [7, 11) is -1.91. The molecular weight excluding hydrogens is 881 g/mol. The van der Waals surface area contributed by atoms with E-state index in [1.54, 1.807) is 0 Å². The molecule has 0 amide bonds. The van der Waals surface area contributed by atoms with Gasteiger partial charge < -0.3 is 18.9 Å². The molecule has 0 radical (unpaired) electrons. The molecule has 0 spiro atoms. The van der Waals surface area contributed by atoms with Crippen molar-refractivity contribution < 1.29 is 9.47 Å². The average molecular weight is 931 g/mol. The average Bonchev–Trinajstić information content (AvgIpc) is 3.85. The largest absolute Gasteiger partial charge is 0.485 e. The van der Waals surface area contributed by atoms with Crippen LogP contribution >= 0.6 is 0 Å². The van der Waals surface area contributed by atoms with Gasteiger partial charge in [0.05, 0.1) is 16.7 Å². The van der Waals surface area contributed by atoms with Gasteiger partial charge >= 0.3 is 0 Å². The van der Waals surface area contributed by atoms with Crippen LogP contribution < -0.4 is 24.7 Å². The van der Waals surface area contributed by atoms with Crippen molar-refractivity contribution in [2.75, 3.05) is 4.90 Å². The number of aromatic nitrogens is 1. The number of hydrogen-bond acceptors (Lipinski definition) is 3. The Morgan fingerprint density at radius 1 is 0.408 bits per heavy atom. The van der Waals surface area contributed by atoms with E-state index in [2.05, 4.69) is 253 Å². The van der Waals surface area contributed by atoms with E-state index in [1.165, 1.54) is 76.9 Å². The second kappa shape index (κ2) is 16.4. The lowest BCUT2D eigenvalue weighted by atomic mass is 9.85. The van der Waals surface area contributed by atoms with E-state index in [0.717, 1.165) is 58.0 Å². The van der Waals surface area contributed by atoms with Crippen LogP contribution in [0.3, 0.4) is 0 Å². The van der Waals surface area contributed by atoms with E-state index in [-0.39, 0.29) is 12.2 Å². The van der Waals surface area contributed by atoms with Crippen LogP contribution in [0.25, 0.3) is 60.9 Å². The molecule has 2 unspecified atom stereocenters. The Bertz CT molecular complexity index is 3800. The number of fused-ring (bicyclic) bond motifs is 8. The van der Waals surface area contributed by atoms with Crippen molar-refractivity contribution in [3.05, 3.63) is 253 Å². The zero-order chi connectivity index (χ0) is 47.2. The predicted octanol–water partition coefficient (Wildman–Crippen LogP) is 15.7. The van der Waals surface area contributed by atoms with Gasteiger partial charge in [0.15, 0.2) is 0 Å². The van der Waals surface area contributed by atoms with E-state index in [4.69, 9.17) is 9.47 Å². The lowest BCUT2D eigenvalue weighted by molar-refractivity contribution is 0.170. The maximum atomic E-state index is 6.81. The molecule has 2 atom stereocenters. The topological polar surface area (TPSA) is 26.6 Å². The SMILES string of the molecule is C[Si]1(C)c2ccccc2-c2ccc(N(c3ccc(-c4ccccc4)cc3)c3ccc(-c4ccc5c(c4)c4ccccc4n5-c4cc(OC5Cc6ccccc65)cc(OC5Cc6ccccc65)c4)cc3)cc21. The number of para-hydroxylation sites is 1. The number of nitrogens with zero attached hydrogens (tertiary/aromatic N) is 2. The second-order valence-electron chi connectivity index (χ2n) is 20.0. The third kappa shape index (κ3) is 6.94. The molecule has 0 saturated carbocycles. The van der Waals surface area contributed by atoms with E-state index >= 15 is 0 Å². The highest BCUT2D eigenvalue weighted by atomic mass is 28.3. The lowest BCUT2D eigenvalue weighted by Gasteiger charge is -2.32. The zero-order valence-corrected chi connectivity index (χ0v) is 40.7. The monoisotopic (exact) mass is 930 g/mol. The quantitative estimate of drug-likeness (QED) is 0.128. The van der Waals surface area contributed by atoms with Crippen LogP contribution in [0, 0.1) is 0 Å². The van der Waals surface area contributed by atoms with Gasteiger partial charge in [-0.1, -0.05) is 171 Å². The summed E-state index contributed by atoms with van der Waals surface area (Å²) in [6.45, 7) is 4.98. The van der Waals surface area contributed by atoms with Crippen molar-refractivity contribution >= 4 is 57.3 Å². The van der Waals surface area contributed by atoms with Crippen LogP contribution in [0.1, 0.15) is 34.5 Å². The smallest absolute Gasteiger partial charge is 0.128 e. The fourth-order valence-corrected chi connectivity index (χ4v) is 14.8. The Kier molecular flexibility index (Phi) is 9.58. The molecule has 1 aromatic heterocycles. The van der Waals surface area contributed by atoms with Crippen LogP contribution in [0.5, 0.6) is 11.5 Å². The highest BCUT2D eigenvalue weighted by molar-refractivity contribution is 7.03. The minimum absolute atomic E-state index is 0.0122. The summed E-state index contributed by atoms with van der Waals surface area (Å²) in [5.41, 5.74) is 19.4. The fraction of sp³-hybridized carbons (Fsp3) is 0.0909. The van der Waals surface area contributed by atoms with Gasteiger partial charge in [0.2, 0.25) is 0 Å². The normalized spacial score (nSPS) is 15.7. The summed E-state index contributed by atoms with van der Waals surface area (Å²) in [4.78, 5) is 2.42. The first-order chi connectivity index (χ1) is 34.9. The number of rotatable bonds is 10. The molecule has 71 heavy (non-hydrogen) atoms. The first-order valence-electron chi connectivity index (χ1n) is 24.9. The van der Waals surface area contributed by atoms with Crippen molar-refractivity contribution in [3.63, 3.8) is 0 Å². The molecule has 0 fully saturated rings. The highest BCUT2D eigenvalue weighted by Gasteiger charge is 2.38. The Morgan fingerprint density at radius 3 is 1.61 bits per heavy atom. The fourth-order valence-electron chi connectivity index (χ4n) is 11.7. The van der Waals surface area contributed by atoms with Crippen LogP contribution in [0.15, 0.2) is 231 Å². The molecule has 340 valence electrons. The number of anilines is 3. The van der Waals surface area contributed by atoms with Crippen molar-refractivity contribution in [3.8, 4) is 50.6 Å². The minimum Gasteiger partial charge on any atom is -0.485 e. The summed E-state index contributed by atoms with van der Waals surface area (Å²) < 4.78 is 16.0. The number of ether oxygens (including phenoxy) is 2. The summed E-state index contributed by atoms with van der Waals surface area (Å²) in [6.07, 6.45) is 1.82. The Balaban J connectivity index is 0.836. The third-order valence-electron chi connectivity index (χ3n) is 15.5. The molecular formula is C66H50N2O2Si. The summed E-state index contributed by atoms with van der Waals surface area (Å²) >= 11 is 0. The van der Waals surface area contributed by atoms with Crippen molar-refractivity contribution in [2.24, 2.45) is 0 Å². The van der Waals surface area contributed by atoms with E-state index in [1.807, 2.05) is 0 Å². The van der Waals surface area contributed by atoms with Gasteiger partial charge in [-0.25, -0.2) is 0 Å². The Morgan fingerprint density at radius 2 is 0.930 bits per heavy atom. The molecule has 0 N–H and O–H groups in total. The molecule has 2 heterocycles. The minimum atomic E-state index is -1.91. The maximum Gasteiger partial charge on any atom is 0.128 e. The highest BCUT2D eigenvalue weighted by Crippen LogP contribution is 2.44. The predicted molar refractivity (Wildman–Crippen MR) is 296 cm³/mol. The molecule has 0 saturated heterocycles. The van der Waals surface area contributed by atoms with Crippen LogP contribution in [-0.2, 0) is 12.8 Å². The van der Waals surface area contributed by atoms with E-state index in [9.17, 15) is 0 Å². The van der Waals surface area contributed by atoms with Crippen molar-refractivity contribution in [2.45, 2.75) is 38.1 Å². The molecule has 0 bridgehead atoms. The van der Waals surface area contributed by atoms with Gasteiger partial charge in [-0.3, -0.25) is 0 Å². The summed E-state index contributed by atoms with van der Waals surface area (Å²) in [5, 5.41) is 5.40. The van der Waals surface area contributed by atoms with Gasteiger partial charge in [0.25, 0.3) is 0 Å². The Labute approximate surface area is 415 Å². The first kappa shape index (κ1) is 41.6. The first-order valence-corrected chi connectivity index (χ1v) is 27.9. The molecule has 3 aliphatic rings. The van der Waals surface area contributed by atoms with Gasteiger partial charge in [-0.15, -0.1) is 0 Å². The number of benzene rings is 10. The van der Waals surface area contributed by atoms with Gasteiger partial charge in [-0.2, -0.15) is 0 Å². The van der Waals surface area contributed by atoms with Crippen molar-refractivity contribution in [1.29, 1.82) is 0 Å². The molecule has 10 aromatic carbocycles. The summed E-state index contributed by atoms with van der Waals surface area (Å²) in [6, 6.07) is 84.3. The molecule has 11 aromatic rings. The van der Waals surface area contributed by atoms with Gasteiger partial charge in [0.1, 0.15) is 31.8 Å². The molecule has 1 aliphatic heterocycles. The molecule has 5 heteroatoms. The standard InChI is InChI=1S/C66H50N2O2Si/c1-71(2)65-23-13-11-21-58(65)59-34-33-51(41-66(59)71)67(49-29-24-44(25-30-49)43-14-4-3-5-15-43)50-31-26-45(27-32-50)46-28-35-62-60(36-46)57-20-10-12-22-61(57)68(62)52-39-53(69-63-37-47-16-6-8-18-55(47)63)42-54(40-52)70-64-38-48-17-7-9-19-56(48)64/h3-36,39-42,63-64H,37-38H2,1-2H3. The van der Waals surface area contributed by atoms with E-state index < -0.39 is 8.07 Å². The molecule has 4 nitrogen and oxygen atoms in total. The number of hydrogen-bond donors (Lipinski definition) is 0. The third-order valence-corrected chi connectivity index (χ3v) is 19.0. The van der Waals surface area contributed by atoms with Crippen molar-refractivity contribution in [1.82, 2.24) is 4.57 Å². The maximum absolute atomic E-state index is 6.81. The van der Waals surface area contributed by atoms with E-state index in [0.29, 0.717) is 0 Å². The van der Waals surface area contributed by atoms with Gasteiger partial charge in [0, 0.05) is 58.9 Å². The second-order valence-corrected chi connectivity index (χ2v) is 24.3. The zero-order valence-electron chi connectivity index (χ0n) is 39.7.